The molecule has 0 bridgehead atoms. The number of halogens is 2. The van der Waals surface area contributed by atoms with E-state index in [0.717, 1.165) is 0 Å². The number of nitrogens with zero attached hydrogens (tertiary/aromatic N) is 2. The van der Waals surface area contributed by atoms with E-state index in [1.54, 1.807) is 6.92 Å². The maximum absolute atomic E-state index is 12.8. The Morgan fingerprint density at radius 2 is 2.25 bits per heavy atom. The summed E-state index contributed by atoms with van der Waals surface area (Å²) in [6.45, 7) is 1.03. The molecule has 0 unspecified atom stereocenters. The fourth-order valence-electron chi connectivity index (χ4n) is 0.708. The Morgan fingerprint density at radius 3 is 2.67 bits per heavy atom. The predicted molar refractivity (Wildman–Crippen MR) is 38.7 cm³/mol. The zero-order chi connectivity index (χ0) is 9.19. The van der Waals surface area contributed by atoms with Crippen LogP contribution >= 0.6 is 0 Å². The molecule has 0 spiro atoms. The van der Waals surface area contributed by atoms with E-state index in [4.69, 9.17) is 5.73 Å². The molecular formula is C6H10F2N4. The Hall–Kier alpha value is -1.04. The minimum Gasteiger partial charge on any atom is -0.325 e. The molecule has 0 saturated carbocycles. The van der Waals surface area contributed by atoms with Crippen molar-refractivity contribution in [2.45, 2.75) is 19.3 Å². The standard InChI is InChI=1S/C6H10F2N4/c1-2-4-10-5(12-11-4)6(7,8)3-9/h2-3,9H2,1H3,(H,10,11,12). The molecule has 12 heavy (non-hydrogen) atoms. The molecule has 4 nitrogen and oxygen atoms in total. The van der Waals surface area contributed by atoms with Crippen LogP contribution in [0, 0.1) is 0 Å². The second-order valence-corrected chi connectivity index (χ2v) is 2.37. The fraction of sp³-hybridized carbons (Fsp3) is 0.667. The number of aromatic nitrogens is 3. The van der Waals surface area contributed by atoms with Crippen molar-refractivity contribution >= 4 is 0 Å². The number of alkyl halides is 2. The summed E-state index contributed by atoms with van der Waals surface area (Å²) in [5.41, 5.74) is 4.85. The van der Waals surface area contributed by atoms with E-state index in [9.17, 15) is 8.78 Å². The van der Waals surface area contributed by atoms with Crippen molar-refractivity contribution in [1.29, 1.82) is 0 Å². The summed E-state index contributed by atoms with van der Waals surface area (Å²) in [5, 5.41) is 5.76. The van der Waals surface area contributed by atoms with Crippen molar-refractivity contribution in [1.82, 2.24) is 15.2 Å². The number of aromatic amines is 1. The van der Waals surface area contributed by atoms with Crippen LogP contribution in [-0.4, -0.2) is 21.7 Å². The second kappa shape index (κ2) is 3.14. The van der Waals surface area contributed by atoms with E-state index in [1.807, 2.05) is 0 Å². The van der Waals surface area contributed by atoms with Gasteiger partial charge in [0.1, 0.15) is 5.82 Å². The number of hydrogen-bond acceptors (Lipinski definition) is 3. The highest BCUT2D eigenvalue weighted by Gasteiger charge is 2.34. The molecule has 0 aliphatic rings. The molecule has 0 amide bonds. The Bertz CT molecular complexity index is 258. The van der Waals surface area contributed by atoms with Crippen LogP contribution in [0.2, 0.25) is 0 Å². The lowest BCUT2D eigenvalue weighted by molar-refractivity contribution is -0.00320. The van der Waals surface area contributed by atoms with Crippen LogP contribution in [0.5, 0.6) is 0 Å². The van der Waals surface area contributed by atoms with Gasteiger partial charge in [-0.3, -0.25) is 5.10 Å². The van der Waals surface area contributed by atoms with E-state index in [0.29, 0.717) is 12.2 Å². The molecule has 0 saturated heterocycles. The highest BCUT2D eigenvalue weighted by Crippen LogP contribution is 2.22. The summed E-state index contributed by atoms with van der Waals surface area (Å²) in [7, 11) is 0. The van der Waals surface area contributed by atoms with Crippen molar-refractivity contribution in [3.8, 4) is 0 Å². The van der Waals surface area contributed by atoms with Crippen molar-refractivity contribution in [2.24, 2.45) is 5.73 Å². The average molecular weight is 176 g/mol. The number of nitrogens with one attached hydrogen (secondary N) is 1. The monoisotopic (exact) mass is 176 g/mol. The van der Waals surface area contributed by atoms with Gasteiger partial charge in [-0.1, -0.05) is 6.92 Å². The van der Waals surface area contributed by atoms with Gasteiger partial charge in [0.05, 0.1) is 6.54 Å². The molecule has 0 aromatic carbocycles. The van der Waals surface area contributed by atoms with Crippen LogP contribution in [0.25, 0.3) is 0 Å². The predicted octanol–water partition coefficient (Wildman–Crippen LogP) is 0.418. The number of aryl methyl sites for hydroxylation is 1. The van der Waals surface area contributed by atoms with Gasteiger partial charge in [0, 0.05) is 6.42 Å². The van der Waals surface area contributed by atoms with E-state index in [2.05, 4.69) is 15.2 Å². The molecule has 1 heterocycles. The van der Waals surface area contributed by atoms with Crippen molar-refractivity contribution in [3.63, 3.8) is 0 Å². The normalized spacial score (nSPS) is 12.0. The van der Waals surface area contributed by atoms with Gasteiger partial charge in [-0.25, -0.2) is 4.98 Å². The van der Waals surface area contributed by atoms with Gasteiger partial charge < -0.3 is 5.73 Å². The molecule has 6 heteroatoms. The molecule has 0 fully saturated rings. The molecule has 0 aliphatic heterocycles. The van der Waals surface area contributed by atoms with Gasteiger partial charge in [0.25, 0.3) is 0 Å². The molecule has 0 atom stereocenters. The lowest BCUT2D eigenvalue weighted by atomic mass is 10.3. The SMILES string of the molecule is CCc1nc(C(F)(F)CN)n[nH]1. The van der Waals surface area contributed by atoms with Crippen LogP contribution in [0.4, 0.5) is 8.78 Å². The van der Waals surface area contributed by atoms with E-state index in [-0.39, 0.29) is 0 Å². The van der Waals surface area contributed by atoms with Gasteiger partial charge in [-0.15, -0.1) is 0 Å². The van der Waals surface area contributed by atoms with E-state index < -0.39 is 18.3 Å². The van der Waals surface area contributed by atoms with Crippen molar-refractivity contribution in [2.75, 3.05) is 6.54 Å². The number of H-pyrrole nitrogens is 1. The van der Waals surface area contributed by atoms with E-state index in [1.165, 1.54) is 0 Å². The fourth-order valence-corrected chi connectivity index (χ4v) is 0.708. The Balaban J connectivity index is 2.88. The lowest BCUT2D eigenvalue weighted by Gasteiger charge is -2.07. The van der Waals surface area contributed by atoms with Crippen LogP contribution in [0.15, 0.2) is 0 Å². The quantitative estimate of drug-likeness (QED) is 0.701. The number of nitrogens with two attached hydrogens (primary N) is 1. The first-order chi connectivity index (χ1) is 5.60. The largest absolute Gasteiger partial charge is 0.325 e. The summed E-state index contributed by atoms with van der Waals surface area (Å²) in [4.78, 5) is 3.57. The Kier molecular flexibility index (Phi) is 2.37. The first-order valence-corrected chi connectivity index (χ1v) is 3.59. The molecule has 1 aromatic heterocycles. The first-order valence-electron chi connectivity index (χ1n) is 3.59. The van der Waals surface area contributed by atoms with Crippen LogP contribution in [-0.2, 0) is 12.3 Å². The maximum atomic E-state index is 12.8. The van der Waals surface area contributed by atoms with Crippen LogP contribution < -0.4 is 5.73 Å². The lowest BCUT2D eigenvalue weighted by Crippen LogP contribution is -2.26. The summed E-state index contributed by atoms with van der Waals surface area (Å²) < 4.78 is 25.5. The molecule has 0 radical (unpaired) electrons. The van der Waals surface area contributed by atoms with Gasteiger partial charge in [-0.2, -0.15) is 13.9 Å². The van der Waals surface area contributed by atoms with Crippen molar-refractivity contribution < 1.29 is 8.78 Å². The maximum Gasteiger partial charge on any atom is 0.320 e. The summed E-state index contributed by atoms with van der Waals surface area (Å²) in [6.07, 6.45) is 0.549. The van der Waals surface area contributed by atoms with Gasteiger partial charge in [-0.05, 0) is 0 Å². The first kappa shape index (κ1) is 9.05. The summed E-state index contributed by atoms with van der Waals surface area (Å²) in [6, 6.07) is 0. The second-order valence-electron chi connectivity index (χ2n) is 2.37. The number of rotatable bonds is 3. The highest BCUT2D eigenvalue weighted by molar-refractivity contribution is 4.98. The van der Waals surface area contributed by atoms with Gasteiger partial charge >= 0.3 is 5.92 Å². The Morgan fingerprint density at radius 1 is 1.58 bits per heavy atom. The minimum atomic E-state index is -3.12. The zero-order valence-electron chi connectivity index (χ0n) is 6.64. The Labute approximate surface area is 68.2 Å². The highest BCUT2D eigenvalue weighted by atomic mass is 19.3. The minimum absolute atomic E-state index is 0.443. The molecule has 1 aromatic rings. The average Bonchev–Trinajstić information content (AvgIpc) is 2.52. The third-order valence-electron chi connectivity index (χ3n) is 1.45. The molecule has 68 valence electrons. The number of hydrogen-bond donors (Lipinski definition) is 2. The summed E-state index contributed by atoms with van der Waals surface area (Å²) >= 11 is 0. The molecule has 3 N–H and O–H groups in total. The van der Waals surface area contributed by atoms with Crippen molar-refractivity contribution in [3.05, 3.63) is 11.6 Å². The summed E-state index contributed by atoms with van der Waals surface area (Å²) in [5.74, 6) is -3.20. The van der Waals surface area contributed by atoms with Gasteiger partial charge in [0.15, 0.2) is 0 Å². The zero-order valence-corrected chi connectivity index (χ0v) is 6.64. The molecule has 0 aliphatic carbocycles. The van der Waals surface area contributed by atoms with Crippen LogP contribution in [0.3, 0.4) is 0 Å². The molecule has 1 rings (SSSR count). The van der Waals surface area contributed by atoms with Crippen LogP contribution in [0.1, 0.15) is 18.6 Å². The topological polar surface area (TPSA) is 67.6 Å². The third kappa shape index (κ3) is 1.58. The third-order valence-corrected chi connectivity index (χ3v) is 1.45. The smallest absolute Gasteiger partial charge is 0.320 e. The molecular weight excluding hydrogens is 166 g/mol. The van der Waals surface area contributed by atoms with Gasteiger partial charge in [0.2, 0.25) is 5.82 Å². The van der Waals surface area contributed by atoms with E-state index >= 15 is 0 Å².